The molecule has 0 N–H and O–H groups in total. The summed E-state index contributed by atoms with van der Waals surface area (Å²) in [6.07, 6.45) is 1.68. The van der Waals surface area contributed by atoms with Crippen LogP contribution in [0, 0.1) is 11.3 Å². The fourth-order valence-corrected chi connectivity index (χ4v) is 2.08. The molecule has 0 radical (unpaired) electrons. The van der Waals surface area contributed by atoms with Gasteiger partial charge in [0, 0.05) is 13.2 Å². The van der Waals surface area contributed by atoms with Gasteiger partial charge >= 0.3 is 5.97 Å². The Morgan fingerprint density at radius 2 is 2.00 bits per heavy atom. The van der Waals surface area contributed by atoms with Gasteiger partial charge in [-0.05, 0) is 24.5 Å². The van der Waals surface area contributed by atoms with E-state index < -0.39 is 17.3 Å². The minimum absolute atomic E-state index is 0.244. The smallest absolute Gasteiger partial charge is 0.319 e. The third-order valence-electron chi connectivity index (χ3n) is 3.14. The van der Waals surface area contributed by atoms with Crippen LogP contribution in [0.4, 0.5) is 0 Å². The quantitative estimate of drug-likeness (QED) is 0.617. The number of amides is 1. The Balaban J connectivity index is 2.87. The third kappa shape index (κ3) is 4.85. The molecule has 1 rings (SSSR count). The molecule has 0 saturated carbocycles. The number of ether oxygens (including phenoxy) is 1. The van der Waals surface area contributed by atoms with Crippen LogP contribution in [0.2, 0.25) is 0 Å². The zero-order valence-electron chi connectivity index (χ0n) is 13.4. The van der Waals surface area contributed by atoms with Crippen LogP contribution in [0.15, 0.2) is 24.4 Å². The minimum atomic E-state index is -0.814. The van der Waals surface area contributed by atoms with E-state index in [0.29, 0.717) is 6.54 Å². The summed E-state index contributed by atoms with van der Waals surface area (Å²) in [5.74, 6) is -1.53. The molecule has 0 aromatic carbocycles. The van der Waals surface area contributed by atoms with Crippen molar-refractivity contribution in [3.8, 4) is 0 Å². The Morgan fingerprint density at radius 1 is 1.33 bits per heavy atom. The molecule has 5 heteroatoms. The van der Waals surface area contributed by atoms with Gasteiger partial charge in [0.2, 0.25) is 5.91 Å². The summed E-state index contributed by atoms with van der Waals surface area (Å²) in [5, 5.41) is 0. The minimum Gasteiger partial charge on any atom is -0.465 e. The second-order valence-electron chi connectivity index (χ2n) is 6.07. The first-order valence-electron chi connectivity index (χ1n) is 7.09. The lowest BCUT2D eigenvalue weighted by molar-refractivity contribution is -0.160. The lowest BCUT2D eigenvalue weighted by atomic mass is 9.80. The van der Waals surface area contributed by atoms with Crippen LogP contribution in [-0.2, 0) is 20.9 Å². The van der Waals surface area contributed by atoms with Gasteiger partial charge in [0.1, 0.15) is 5.92 Å². The molecule has 5 nitrogen and oxygen atoms in total. The van der Waals surface area contributed by atoms with Gasteiger partial charge in [-0.15, -0.1) is 0 Å². The molecule has 116 valence electrons. The van der Waals surface area contributed by atoms with Crippen molar-refractivity contribution in [1.82, 2.24) is 9.88 Å². The molecule has 1 unspecified atom stereocenters. The van der Waals surface area contributed by atoms with E-state index in [1.807, 2.05) is 39.0 Å². The maximum atomic E-state index is 12.6. The number of nitrogens with zero attached hydrogens (tertiary/aromatic N) is 2. The summed E-state index contributed by atoms with van der Waals surface area (Å²) in [4.78, 5) is 30.4. The van der Waals surface area contributed by atoms with Crippen LogP contribution in [0.25, 0.3) is 0 Å². The first kappa shape index (κ1) is 17.1. The molecule has 0 aliphatic heterocycles. The lowest BCUT2D eigenvalue weighted by Crippen LogP contribution is -2.44. The second kappa shape index (κ2) is 7.20. The average Bonchev–Trinajstić information content (AvgIpc) is 2.38. The highest BCUT2D eigenvalue weighted by molar-refractivity contribution is 5.98. The van der Waals surface area contributed by atoms with Crippen LogP contribution in [0.5, 0.6) is 0 Å². The summed E-state index contributed by atoms with van der Waals surface area (Å²) in [7, 11) is 1.68. The van der Waals surface area contributed by atoms with E-state index in [-0.39, 0.29) is 12.5 Å². The van der Waals surface area contributed by atoms with Crippen LogP contribution >= 0.6 is 0 Å². The van der Waals surface area contributed by atoms with Crippen molar-refractivity contribution >= 4 is 11.9 Å². The molecule has 1 heterocycles. The second-order valence-corrected chi connectivity index (χ2v) is 6.07. The number of rotatable bonds is 5. The van der Waals surface area contributed by atoms with Crippen molar-refractivity contribution < 1.29 is 14.3 Å². The molecule has 1 atom stereocenters. The predicted molar refractivity (Wildman–Crippen MR) is 80.3 cm³/mol. The van der Waals surface area contributed by atoms with Crippen LogP contribution < -0.4 is 0 Å². The first-order valence-corrected chi connectivity index (χ1v) is 7.09. The van der Waals surface area contributed by atoms with Crippen molar-refractivity contribution in [1.29, 1.82) is 0 Å². The van der Waals surface area contributed by atoms with Gasteiger partial charge in [0.15, 0.2) is 0 Å². The molecule has 1 amide bonds. The van der Waals surface area contributed by atoms with Gasteiger partial charge in [0.05, 0.1) is 18.8 Å². The maximum absolute atomic E-state index is 12.6. The van der Waals surface area contributed by atoms with Gasteiger partial charge in [-0.1, -0.05) is 26.8 Å². The molecular formula is C16H24N2O3. The molecular weight excluding hydrogens is 268 g/mol. The highest BCUT2D eigenvalue weighted by Crippen LogP contribution is 2.29. The number of pyridine rings is 1. The molecule has 0 saturated heterocycles. The monoisotopic (exact) mass is 292 g/mol. The molecule has 1 aromatic heterocycles. The third-order valence-corrected chi connectivity index (χ3v) is 3.14. The van der Waals surface area contributed by atoms with Crippen molar-refractivity contribution in [3.63, 3.8) is 0 Å². The Labute approximate surface area is 126 Å². The number of hydrogen-bond acceptors (Lipinski definition) is 4. The molecule has 0 aliphatic carbocycles. The van der Waals surface area contributed by atoms with E-state index in [9.17, 15) is 9.59 Å². The maximum Gasteiger partial charge on any atom is 0.319 e. The Morgan fingerprint density at radius 3 is 2.48 bits per heavy atom. The topological polar surface area (TPSA) is 59.5 Å². The van der Waals surface area contributed by atoms with Crippen molar-refractivity contribution in [2.24, 2.45) is 11.3 Å². The fourth-order valence-electron chi connectivity index (χ4n) is 2.08. The zero-order chi connectivity index (χ0) is 16.0. The molecule has 0 spiro atoms. The highest BCUT2D eigenvalue weighted by Gasteiger charge is 2.40. The number of carbonyl (C=O) groups excluding carboxylic acids is 2. The Kier molecular flexibility index (Phi) is 5.88. The van der Waals surface area contributed by atoms with E-state index in [0.717, 1.165) is 5.69 Å². The largest absolute Gasteiger partial charge is 0.465 e. The Hall–Kier alpha value is -1.91. The number of hydrogen-bond donors (Lipinski definition) is 0. The van der Waals surface area contributed by atoms with Crippen molar-refractivity contribution in [2.45, 2.75) is 34.2 Å². The van der Waals surface area contributed by atoms with E-state index in [1.165, 1.54) is 4.90 Å². The molecule has 0 bridgehead atoms. The molecule has 21 heavy (non-hydrogen) atoms. The molecule has 0 fully saturated rings. The summed E-state index contributed by atoms with van der Waals surface area (Å²) >= 11 is 0. The summed E-state index contributed by atoms with van der Waals surface area (Å²) in [5.41, 5.74) is 0.284. The van der Waals surface area contributed by atoms with E-state index >= 15 is 0 Å². The highest BCUT2D eigenvalue weighted by atomic mass is 16.5. The van der Waals surface area contributed by atoms with E-state index in [2.05, 4.69) is 4.98 Å². The summed E-state index contributed by atoms with van der Waals surface area (Å²) in [6, 6.07) is 5.54. The van der Waals surface area contributed by atoms with Gasteiger partial charge in [-0.3, -0.25) is 14.6 Å². The van der Waals surface area contributed by atoms with Crippen LogP contribution in [0.1, 0.15) is 33.4 Å². The van der Waals surface area contributed by atoms with Crippen molar-refractivity contribution in [3.05, 3.63) is 30.1 Å². The van der Waals surface area contributed by atoms with Crippen molar-refractivity contribution in [2.75, 3.05) is 13.7 Å². The van der Waals surface area contributed by atoms with Gasteiger partial charge < -0.3 is 9.64 Å². The Bertz CT molecular complexity index is 480. The first-order chi connectivity index (χ1) is 9.77. The van der Waals surface area contributed by atoms with Gasteiger partial charge in [-0.25, -0.2) is 0 Å². The predicted octanol–water partition coefficient (Wildman–Crippen LogP) is 2.27. The number of carbonyl (C=O) groups is 2. The molecule has 0 aliphatic rings. The van der Waals surface area contributed by atoms with Gasteiger partial charge in [0.25, 0.3) is 0 Å². The standard InChI is InChI=1S/C16H24N2O3/c1-6-21-15(20)13(16(2,3)4)14(19)18(5)11-12-9-7-8-10-17-12/h7-10,13H,6,11H2,1-5H3. The number of aromatic nitrogens is 1. The summed E-state index contributed by atoms with van der Waals surface area (Å²) in [6.45, 7) is 7.96. The van der Waals surface area contributed by atoms with E-state index in [4.69, 9.17) is 4.74 Å². The van der Waals surface area contributed by atoms with Crippen LogP contribution in [-0.4, -0.2) is 35.4 Å². The number of esters is 1. The summed E-state index contributed by atoms with van der Waals surface area (Å²) < 4.78 is 5.05. The zero-order valence-corrected chi connectivity index (χ0v) is 13.4. The average molecular weight is 292 g/mol. The van der Waals surface area contributed by atoms with Crippen LogP contribution in [0.3, 0.4) is 0 Å². The SMILES string of the molecule is CCOC(=O)C(C(=O)N(C)Cc1ccccn1)C(C)(C)C. The fraction of sp³-hybridized carbons (Fsp3) is 0.562. The molecule has 1 aromatic rings. The van der Waals surface area contributed by atoms with Gasteiger partial charge in [-0.2, -0.15) is 0 Å². The normalized spacial score (nSPS) is 12.6. The lowest BCUT2D eigenvalue weighted by Gasteiger charge is -2.31. The van der Waals surface area contributed by atoms with E-state index in [1.54, 1.807) is 20.2 Å².